The topological polar surface area (TPSA) is 35.2 Å². The molecule has 6 heteroatoms. The fourth-order valence-electron chi connectivity index (χ4n) is 3.86. The number of rotatable bonds is 7. The molecule has 1 saturated heterocycles. The second-order valence-corrected chi connectivity index (χ2v) is 7.91. The van der Waals surface area contributed by atoms with Gasteiger partial charge in [-0.3, -0.25) is 9.47 Å². The molecule has 0 radical (unpaired) electrons. The fourth-order valence-corrected chi connectivity index (χ4v) is 4.14. The molecule has 3 aromatic rings. The SMILES string of the molecule is COc1ccc(-c2nn(CN3CCCCC3)c(=S)n2CCc2ccccc2)cc1. The van der Waals surface area contributed by atoms with Gasteiger partial charge in [0.25, 0.3) is 0 Å². The molecule has 4 rings (SSSR count). The number of likely N-dealkylation sites (tertiary alicyclic amines) is 1. The summed E-state index contributed by atoms with van der Waals surface area (Å²) in [6, 6.07) is 18.6. The molecule has 2 heterocycles. The monoisotopic (exact) mass is 408 g/mol. The third kappa shape index (κ3) is 4.77. The minimum absolute atomic E-state index is 0.764. The van der Waals surface area contributed by atoms with Crippen LogP contribution in [0, 0.1) is 4.77 Å². The third-order valence-electron chi connectivity index (χ3n) is 5.52. The van der Waals surface area contributed by atoms with Crippen molar-refractivity contribution >= 4 is 12.2 Å². The van der Waals surface area contributed by atoms with E-state index in [0.29, 0.717) is 0 Å². The highest BCUT2D eigenvalue weighted by molar-refractivity contribution is 7.71. The van der Waals surface area contributed by atoms with Gasteiger partial charge in [-0.05, 0) is 74.4 Å². The fraction of sp³-hybridized carbons (Fsp3) is 0.391. The Morgan fingerprint density at radius 2 is 1.69 bits per heavy atom. The standard InChI is InChI=1S/C23H28N4OS/c1-28-21-12-10-20(11-13-21)22-24-27(18-25-15-6-3-7-16-25)23(29)26(22)17-14-19-8-4-2-5-9-19/h2,4-5,8-13H,3,6-7,14-18H2,1H3. The van der Waals surface area contributed by atoms with Gasteiger partial charge in [-0.25, -0.2) is 4.68 Å². The van der Waals surface area contributed by atoms with Crippen molar-refractivity contribution in [3.05, 3.63) is 64.9 Å². The van der Waals surface area contributed by atoms with Crippen molar-refractivity contribution in [2.75, 3.05) is 20.2 Å². The number of methoxy groups -OCH3 is 1. The van der Waals surface area contributed by atoms with Crippen LogP contribution in [0.15, 0.2) is 54.6 Å². The summed E-state index contributed by atoms with van der Waals surface area (Å²) in [5.74, 6) is 1.77. The minimum atomic E-state index is 0.764. The molecule has 1 aliphatic rings. The second-order valence-electron chi connectivity index (χ2n) is 7.54. The highest BCUT2D eigenvalue weighted by Gasteiger charge is 2.16. The van der Waals surface area contributed by atoms with E-state index in [4.69, 9.17) is 22.1 Å². The third-order valence-corrected chi connectivity index (χ3v) is 5.95. The van der Waals surface area contributed by atoms with Crippen molar-refractivity contribution in [1.82, 2.24) is 19.2 Å². The number of aromatic nitrogens is 3. The lowest BCUT2D eigenvalue weighted by Crippen LogP contribution is -2.32. The van der Waals surface area contributed by atoms with Crippen LogP contribution in [0.2, 0.25) is 0 Å². The largest absolute Gasteiger partial charge is 0.497 e. The highest BCUT2D eigenvalue weighted by Crippen LogP contribution is 2.23. The number of nitrogens with zero attached hydrogens (tertiary/aromatic N) is 4. The van der Waals surface area contributed by atoms with Gasteiger partial charge in [0.05, 0.1) is 13.8 Å². The van der Waals surface area contributed by atoms with Crippen LogP contribution in [0.1, 0.15) is 24.8 Å². The van der Waals surface area contributed by atoms with Crippen molar-refractivity contribution in [2.45, 2.75) is 38.9 Å². The van der Waals surface area contributed by atoms with Crippen LogP contribution >= 0.6 is 12.2 Å². The number of ether oxygens (including phenoxy) is 1. The predicted molar refractivity (Wildman–Crippen MR) is 119 cm³/mol. The van der Waals surface area contributed by atoms with E-state index in [1.165, 1.54) is 24.8 Å². The summed E-state index contributed by atoms with van der Waals surface area (Å²) in [6.45, 7) is 3.82. The molecule has 0 unspecified atom stereocenters. The average molecular weight is 409 g/mol. The summed E-state index contributed by atoms with van der Waals surface area (Å²) in [6.07, 6.45) is 4.76. The van der Waals surface area contributed by atoms with Crippen molar-refractivity contribution in [3.63, 3.8) is 0 Å². The summed E-state index contributed by atoms with van der Waals surface area (Å²) >= 11 is 5.86. The van der Waals surface area contributed by atoms with Crippen LogP contribution in [-0.2, 0) is 19.6 Å². The molecule has 0 aliphatic carbocycles. The lowest BCUT2D eigenvalue weighted by molar-refractivity contribution is 0.172. The summed E-state index contributed by atoms with van der Waals surface area (Å²) in [4.78, 5) is 2.45. The van der Waals surface area contributed by atoms with E-state index in [1.807, 2.05) is 16.8 Å². The summed E-state index contributed by atoms with van der Waals surface area (Å²) in [5, 5.41) is 4.93. The first-order chi connectivity index (χ1) is 14.2. The Balaban J connectivity index is 1.64. The molecule has 1 aromatic heterocycles. The van der Waals surface area contributed by atoms with Gasteiger partial charge in [-0.15, -0.1) is 0 Å². The minimum Gasteiger partial charge on any atom is -0.497 e. The first-order valence-corrected chi connectivity index (χ1v) is 10.7. The zero-order valence-corrected chi connectivity index (χ0v) is 17.8. The molecular formula is C23H28N4OS. The van der Waals surface area contributed by atoms with Gasteiger partial charge in [-0.1, -0.05) is 36.8 Å². The molecule has 29 heavy (non-hydrogen) atoms. The normalized spacial score (nSPS) is 14.8. The molecule has 0 spiro atoms. The molecule has 1 fully saturated rings. The van der Waals surface area contributed by atoms with E-state index in [1.54, 1.807) is 7.11 Å². The van der Waals surface area contributed by atoms with Crippen molar-refractivity contribution in [1.29, 1.82) is 0 Å². The van der Waals surface area contributed by atoms with Gasteiger partial charge in [0.1, 0.15) is 5.75 Å². The Morgan fingerprint density at radius 3 is 2.38 bits per heavy atom. The van der Waals surface area contributed by atoms with Crippen molar-refractivity contribution in [2.24, 2.45) is 0 Å². The zero-order chi connectivity index (χ0) is 20.1. The zero-order valence-electron chi connectivity index (χ0n) is 17.0. The quantitative estimate of drug-likeness (QED) is 0.527. The maximum atomic E-state index is 5.86. The number of hydrogen-bond acceptors (Lipinski definition) is 4. The molecule has 2 aromatic carbocycles. The first kappa shape index (κ1) is 19.9. The maximum Gasteiger partial charge on any atom is 0.199 e. The molecule has 0 amide bonds. The Kier molecular flexibility index (Phi) is 6.42. The number of aryl methyl sites for hydroxylation is 1. The number of hydrogen-bond donors (Lipinski definition) is 0. The maximum absolute atomic E-state index is 5.86. The van der Waals surface area contributed by atoms with Crippen LogP contribution in [0.25, 0.3) is 11.4 Å². The van der Waals surface area contributed by atoms with Crippen LogP contribution < -0.4 is 4.74 Å². The van der Waals surface area contributed by atoms with Gasteiger partial charge >= 0.3 is 0 Å². The van der Waals surface area contributed by atoms with E-state index >= 15 is 0 Å². The van der Waals surface area contributed by atoms with E-state index < -0.39 is 0 Å². The predicted octanol–water partition coefficient (Wildman–Crippen LogP) is 4.78. The van der Waals surface area contributed by atoms with E-state index in [-0.39, 0.29) is 0 Å². The Bertz CT molecular complexity index is 972. The second kappa shape index (κ2) is 9.37. The smallest absolute Gasteiger partial charge is 0.199 e. The molecular weight excluding hydrogens is 380 g/mol. The molecule has 5 nitrogen and oxygen atoms in total. The average Bonchev–Trinajstić information content (AvgIpc) is 3.09. The lowest BCUT2D eigenvalue weighted by atomic mass is 10.1. The first-order valence-electron chi connectivity index (χ1n) is 10.3. The van der Waals surface area contributed by atoms with Gasteiger partial charge < -0.3 is 4.74 Å². The summed E-state index contributed by atoms with van der Waals surface area (Å²) < 4.78 is 10.3. The molecule has 0 saturated carbocycles. The van der Waals surface area contributed by atoms with Crippen LogP contribution in [-0.4, -0.2) is 39.4 Å². The van der Waals surface area contributed by atoms with Gasteiger partial charge in [0.2, 0.25) is 0 Å². The van der Waals surface area contributed by atoms with Crippen molar-refractivity contribution in [3.8, 4) is 17.1 Å². The molecule has 0 N–H and O–H groups in total. The molecule has 0 atom stereocenters. The van der Waals surface area contributed by atoms with Crippen LogP contribution in [0.4, 0.5) is 0 Å². The van der Waals surface area contributed by atoms with E-state index in [2.05, 4.69) is 51.9 Å². The Morgan fingerprint density at radius 1 is 0.966 bits per heavy atom. The Hall–Kier alpha value is -2.44. The number of piperidine rings is 1. The summed E-state index contributed by atoms with van der Waals surface area (Å²) in [7, 11) is 1.68. The Labute approximate surface area is 177 Å². The lowest BCUT2D eigenvalue weighted by Gasteiger charge is -2.25. The van der Waals surface area contributed by atoms with Crippen LogP contribution in [0.3, 0.4) is 0 Å². The van der Waals surface area contributed by atoms with E-state index in [9.17, 15) is 0 Å². The molecule has 1 aliphatic heterocycles. The van der Waals surface area contributed by atoms with Gasteiger partial charge in [-0.2, -0.15) is 5.10 Å². The number of benzene rings is 2. The molecule has 0 bridgehead atoms. The van der Waals surface area contributed by atoms with Crippen molar-refractivity contribution < 1.29 is 4.74 Å². The van der Waals surface area contributed by atoms with E-state index in [0.717, 1.165) is 54.6 Å². The van der Waals surface area contributed by atoms with Crippen LogP contribution in [0.5, 0.6) is 5.75 Å². The molecule has 152 valence electrons. The highest BCUT2D eigenvalue weighted by atomic mass is 32.1. The van der Waals surface area contributed by atoms with Gasteiger partial charge in [0.15, 0.2) is 10.6 Å². The summed E-state index contributed by atoms with van der Waals surface area (Å²) in [5.41, 5.74) is 2.36. The van der Waals surface area contributed by atoms with Gasteiger partial charge in [0, 0.05) is 12.1 Å².